The Morgan fingerprint density at radius 1 is 1.00 bits per heavy atom. The first-order chi connectivity index (χ1) is 12.7. The van der Waals surface area contributed by atoms with E-state index in [9.17, 15) is 13.0 Å². The molecule has 0 spiro atoms. The molecule has 1 unspecified atom stereocenters. The van der Waals surface area contributed by atoms with Crippen LogP contribution in [0.4, 0.5) is 0 Å². The highest BCUT2D eigenvalue weighted by molar-refractivity contribution is 7.86. The van der Waals surface area contributed by atoms with E-state index < -0.39 is 15.5 Å². The molecule has 0 radical (unpaired) electrons. The molecule has 2 N–H and O–H groups in total. The van der Waals surface area contributed by atoms with Crippen molar-refractivity contribution in [3.8, 4) is 0 Å². The summed E-state index contributed by atoms with van der Waals surface area (Å²) in [4.78, 5) is 1.21. The molecule has 8 heteroatoms. The fourth-order valence-corrected chi connectivity index (χ4v) is 3.47. The molecule has 0 aliphatic carbocycles. The third-order valence-corrected chi connectivity index (χ3v) is 6.21. The van der Waals surface area contributed by atoms with E-state index in [-0.39, 0.29) is 26.3 Å². The molecule has 158 valence electrons. The van der Waals surface area contributed by atoms with Gasteiger partial charge in [0, 0.05) is 18.7 Å². The lowest BCUT2D eigenvalue weighted by Gasteiger charge is -2.35. The van der Waals surface area contributed by atoms with Gasteiger partial charge in [-0.1, -0.05) is 30.3 Å². The summed E-state index contributed by atoms with van der Waals surface area (Å²) >= 11 is 0. The van der Waals surface area contributed by atoms with Crippen molar-refractivity contribution in [3.63, 3.8) is 0 Å². The maximum Gasteiger partial charge on any atom is 0.111 e. The quantitative estimate of drug-likeness (QED) is 0.425. The number of benzene rings is 1. The summed E-state index contributed by atoms with van der Waals surface area (Å²) in [7, 11) is -4.39. The van der Waals surface area contributed by atoms with Crippen LogP contribution in [-0.4, -0.2) is 83.9 Å². The van der Waals surface area contributed by atoms with Crippen molar-refractivity contribution in [3.05, 3.63) is 35.9 Å². The van der Waals surface area contributed by atoms with Gasteiger partial charge in [0.2, 0.25) is 0 Å². The van der Waals surface area contributed by atoms with Gasteiger partial charge in [0.25, 0.3) is 0 Å². The van der Waals surface area contributed by atoms with Crippen molar-refractivity contribution in [1.29, 1.82) is 0 Å². The number of hydrogen-bond acceptors (Lipinski definition) is 6. The smallest absolute Gasteiger partial charge is 0.111 e. The predicted octanol–water partition coefficient (Wildman–Crippen LogP) is 1.23. The number of quaternary nitrogens is 1. The highest BCUT2D eigenvalue weighted by Crippen LogP contribution is 2.13. The average Bonchev–Trinajstić information content (AvgIpc) is 2.66. The molecular formula is C19H36N2O5S. The zero-order valence-corrected chi connectivity index (χ0v) is 17.9. The molecule has 1 aromatic rings. The first kappa shape index (κ1) is 26.0. The average molecular weight is 405 g/mol. The Balaban J connectivity index is 0.000000503. The fourth-order valence-electron chi connectivity index (χ4n) is 2.89. The van der Waals surface area contributed by atoms with E-state index in [4.69, 9.17) is 10.2 Å². The van der Waals surface area contributed by atoms with Gasteiger partial charge in [-0.05, 0) is 27.7 Å². The Bertz CT molecular complexity index is 577. The van der Waals surface area contributed by atoms with Crippen LogP contribution in [0.2, 0.25) is 0 Å². The Labute approximate surface area is 164 Å². The zero-order valence-electron chi connectivity index (χ0n) is 17.0. The second kappa shape index (κ2) is 13.2. The second-order valence-electron chi connectivity index (χ2n) is 6.51. The highest BCUT2D eigenvalue weighted by atomic mass is 32.2. The standard InChI is InChI=1S/C13H22N.C6H15NO5S/c1-4-14(5-2,6-3)12-13-10-8-7-9-11-13;1-6(13(10,11)12)7(2-4-8)3-5-9/h7-11H,4-6,12H2,1-3H3;6,8-9H,2-5H2,1H3,(H,10,11,12)/q+1;/p-1. The molecule has 0 saturated heterocycles. The van der Waals surface area contributed by atoms with Gasteiger partial charge in [0.1, 0.15) is 16.7 Å². The number of aliphatic hydroxyl groups is 2. The van der Waals surface area contributed by atoms with Gasteiger partial charge >= 0.3 is 0 Å². The molecule has 1 rings (SSSR count). The third kappa shape index (κ3) is 9.64. The molecule has 0 aromatic heterocycles. The van der Waals surface area contributed by atoms with E-state index >= 15 is 0 Å². The second-order valence-corrected chi connectivity index (χ2v) is 8.18. The van der Waals surface area contributed by atoms with Gasteiger partial charge < -0.3 is 19.2 Å². The number of aliphatic hydroxyl groups excluding tert-OH is 2. The summed E-state index contributed by atoms with van der Waals surface area (Å²) < 4.78 is 32.9. The molecule has 0 bridgehead atoms. The fraction of sp³-hybridized carbons (Fsp3) is 0.684. The SMILES string of the molecule is CC(N(CCO)CCO)S(=O)(=O)[O-].CC[N+](CC)(CC)Cc1ccccc1. The minimum Gasteiger partial charge on any atom is -0.747 e. The van der Waals surface area contributed by atoms with E-state index in [2.05, 4.69) is 51.1 Å². The van der Waals surface area contributed by atoms with Crippen LogP contribution in [0.25, 0.3) is 0 Å². The van der Waals surface area contributed by atoms with Crippen LogP contribution in [0.3, 0.4) is 0 Å². The van der Waals surface area contributed by atoms with Crippen LogP contribution in [0, 0.1) is 0 Å². The lowest BCUT2D eigenvalue weighted by atomic mass is 10.2. The first-order valence-electron chi connectivity index (χ1n) is 9.49. The molecule has 1 aromatic carbocycles. The van der Waals surface area contributed by atoms with Gasteiger partial charge in [-0.25, -0.2) is 8.42 Å². The van der Waals surface area contributed by atoms with E-state index in [1.165, 1.54) is 48.0 Å². The summed E-state index contributed by atoms with van der Waals surface area (Å²) in [6, 6.07) is 10.8. The topological polar surface area (TPSA) is 101 Å². The van der Waals surface area contributed by atoms with Gasteiger partial charge in [-0.15, -0.1) is 0 Å². The summed E-state index contributed by atoms with van der Waals surface area (Å²) in [6.45, 7) is 12.6. The molecule has 0 fully saturated rings. The van der Waals surface area contributed by atoms with Crippen LogP contribution in [0.5, 0.6) is 0 Å². The Hall–Kier alpha value is -1.03. The molecular weight excluding hydrogens is 368 g/mol. The largest absolute Gasteiger partial charge is 0.747 e. The lowest BCUT2D eigenvalue weighted by molar-refractivity contribution is -0.936. The normalized spacial score (nSPS) is 13.2. The number of rotatable bonds is 11. The lowest BCUT2D eigenvalue weighted by Crippen LogP contribution is -2.46. The molecule has 7 nitrogen and oxygen atoms in total. The molecule has 0 aliphatic rings. The Morgan fingerprint density at radius 3 is 1.78 bits per heavy atom. The summed E-state index contributed by atoms with van der Waals surface area (Å²) in [6.07, 6.45) is 0. The van der Waals surface area contributed by atoms with E-state index in [0.717, 1.165) is 0 Å². The van der Waals surface area contributed by atoms with Crippen LogP contribution in [-0.2, 0) is 16.7 Å². The minimum atomic E-state index is -4.39. The number of nitrogens with zero attached hydrogens (tertiary/aromatic N) is 2. The Kier molecular flexibility index (Phi) is 12.7. The molecule has 27 heavy (non-hydrogen) atoms. The van der Waals surface area contributed by atoms with Crippen LogP contribution < -0.4 is 0 Å². The maximum absolute atomic E-state index is 10.6. The first-order valence-corrected chi connectivity index (χ1v) is 11.0. The van der Waals surface area contributed by atoms with Crippen molar-refractivity contribution in [2.45, 2.75) is 39.6 Å². The van der Waals surface area contributed by atoms with Gasteiger partial charge in [-0.3, -0.25) is 4.90 Å². The number of hydrogen-bond donors (Lipinski definition) is 2. The molecule has 0 aliphatic heterocycles. The monoisotopic (exact) mass is 404 g/mol. The molecule has 1 atom stereocenters. The molecule has 0 heterocycles. The third-order valence-electron chi connectivity index (χ3n) is 5.08. The summed E-state index contributed by atoms with van der Waals surface area (Å²) in [5.74, 6) is 0. The van der Waals surface area contributed by atoms with Crippen LogP contribution >= 0.6 is 0 Å². The van der Waals surface area contributed by atoms with Crippen molar-refractivity contribution < 1.29 is 27.7 Å². The predicted molar refractivity (Wildman–Crippen MR) is 107 cm³/mol. The maximum atomic E-state index is 10.6. The minimum absolute atomic E-state index is 0.0587. The van der Waals surface area contributed by atoms with E-state index in [1.54, 1.807) is 0 Å². The molecule has 0 saturated carbocycles. The summed E-state index contributed by atoms with van der Waals surface area (Å²) in [5.41, 5.74) is 1.46. The van der Waals surface area contributed by atoms with Crippen molar-refractivity contribution in [1.82, 2.24) is 4.90 Å². The van der Waals surface area contributed by atoms with Crippen molar-refractivity contribution in [2.24, 2.45) is 0 Å². The van der Waals surface area contributed by atoms with Crippen molar-refractivity contribution >= 4 is 10.1 Å². The van der Waals surface area contributed by atoms with Crippen LogP contribution in [0.1, 0.15) is 33.3 Å². The Morgan fingerprint density at radius 2 is 1.44 bits per heavy atom. The molecule has 0 amide bonds. The highest BCUT2D eigenvalue weighted by Gasteiger charge is 2.20. The van der Waals surface area contributed by atoms with Gasteiger partial charge in [-0.2, -0.15) is 0 Å². The van der Waals surface area contributed by atoms with Gasteiger partial charge in [0.05, 0.1) is 38.2 Å². The van der Waals surface area contributed by atoms with E-state index in [1.807, 2.05) is 0 Å². The zero-order chi connectivity index (χ0) is 20.9. The van der Waals surface area contributed by atoms with Crippen LogP contribution in [0.15, 0.2) is 30.3 Å². The van der Waals surface area contributed by atoms with Crippen molar-refractivity contribution in [2.75, 3.05) is 45.9 Å². The van der Waals surface area contributed by atoms with Gasteiger partial charge in [0.15, 0.2) is 0 Å². The summed E-state index contributed by atoms with van der Waals surface area (Å²) in [5, 5.41) is 15.9. The van der Waals surface area contributed by atoms with E-state index in [0.29, 0.717) is 0 Å².